The summed E-state index contributed by atoms with van der Waals surface area (Å²) in [4.78, 5) is -0.442. The first kappa shape index (κ1) is 14.5. The number of sulfonamides is 1. The van der Waals surface area contributed by atoms with Crippen LogP contribution in [0.5, 0.6) is 0 Å². The smallest absolute Gasteiger partial charge is 0.320 e. The highest BCUT2D eigenvalue weighted by Crippen LogP contribution is 2.21. The van der Waals surface area contributed by atoms with E-state index in [1.54, 1.807) is 0 Å². The quantitative estimate of drug-likeness (QED) is 0.529. The first-order valence-corrected chi connectivity index (χ1v) is 5.54. The van der Waals surface area contributed by atoms with Crippen molar-refractivity contribution in [1.29, 1.82) is 0 Å². The average Bonchev–Trinajstić information content (AvgIpc) is 1.98. The second-order valence-electron chi connectivity index (χ2n) is 2.61. The van der Waals surface area contributed by atoms with Crippen molar-refractivity contribution >= 4 is 27.2 Å². The molecule has 0 rings (SSSR count). The van der Waals surface area contributed by atoms with E-state index in [9.17, 15) is 26.0 Å². The fourth-order valence-corrected chi connectivity index (χ4v) is 1.88. The standard InChI is InChI=1S/C5H8F4N2O2S2/c6-4(7)5(8,9)2-11-15(12,13)1-3(10)14/h4,11H,1-2H2,(H2,10,14). The van der Waals surface area contributed by atoms with Crippen molar-refractivity contribution in [2.45, 2.75) is 12.3 Å². The van der Waals surface area contributed by atoms with Gasteiger partial charge in [-0.2, -0.15) is 8.78 Å². The van der Waals surface area contributed by atoms with E-state index in [2.05, 4.69) is 12.2 Å². The lowest BCUT2D eigenvalue weighted by atomic mass is 10.4. The molecule has 0 aromatic rings. The van der Waals surface area contributed by atoms with Gasteiger partial charge in [0.1, 0.15) is 5.75 Å². The van der Waals surface area contributed by atoms with Crippen LogP contribution in [0, 0.1) is 0 Å². The van der Waals surface area contributed by atoms with E-state index in [0.717, 1.165) is 0 Å². The molecule has 0 amide bonds. The summed E-state index contributed by atoms with van der Waals surface area (Å²) >= 11 is 4.23. The molecule has 0 spiro atoms. The van der Waals surface area contributed by atoms with Crippen molar-refractivity contribution in [1.82, 2.24) is 4.72 Å². The summed E-state index contributed by atoms with van der Waals surface area (Å²) in [5.41, 5.74) is 4.85. The zero-order valence-electron chi connectivity index (χ0n) is 7.21. The van der Waals surface area contributed by atoms with Gasteiger partial charge in [0.2, 0.25) is 10.0 Å². The van der Waals surface area contributed by atoms with Crippen molar-refractivity contribution in [2.75, 3.05) is 12.3 Å². The number of hydrogen-bond donors (Lipinski definition) is 2. The van der Waals surface area contributed by atoms with Gasteiger partial charge in [0.15, 0.2) is 0 Å². The summed E-state index contributed by atoms with van der Waals surface area (Å²) in [5.74, 6) is -5.27. The zero-order valence-corrected chi connectivity index (χ0v) is 8.85. The van der Waals surface area contributed by atoms with Crippen molar-refractivity contribution in [3.63, 3.8) is 0 Å². The van der Waals surface area contributed by atoms with Crippen LogP contribution in [0.2, 0.25) is 0 Å². The highest BCUT2D eigenvalue weighted by molar-refractivity contribution is 7.92. The molecule has 4 nitrogen and oxygen atoms in total. The molecule has 0 heterocycles. The van der Waals surface area contributed by atoms with Crippen LogP contribution < -0.4 is 10.5 Å². The number of alkyl halides is 4. The SMILES string of the molecule is NC(=S)CS(=O)(=O)NCC(F)(F)C(F)F. The first-order valence-electron chi connectivity index (χ1n) is 3.48. The maximum absolute atomic E-state index is 12.3. The Morgan fingerprint density at radius 1 is 1.47 bits per heavy atom. The molecule has 0 aromatic carbocycles. The Bertz CT molecular complexity index is 330. The maximum atomic E-state index is 12.3. The highest BCUT2D eigenvalue weighted by Gasteiger charge is 2.41. The minimum absolute atomic E-state index is 0.442. The van der Waals surface area contributed by atoms with Gasteiger partial charge >= 0.3 is 12.3 Å². The zero-order chi connectivity index (χ0) is 12.3. The molecule has 90 valence electrons. The van der Waals surface area contributed by atoms with Crippen LogP contribution in [-0.4, -0.2) is 38.1 Å². The molecule has 3 N–H and O–H groups in total. The largest absolute Gasteiger partial charge is 0.392 e. The molecule has 10 heteroatoms. The van der Waals surface area contributed by atoms with Crippen LogP contribution in [0.25, 0.3) is 0 Å². The summed E-state index contributed by atoms with van der Waals surface area (Å²) in [7, 11) is -4.18. The Morgan fingerprint density at radius 2 is 1.93 bits per heavy atom. The second kappa shape index (κ2) is 5.03. The molecule has 0 aromatic heterocycles. The summed E-state index contributed by atoms with van der Waals surface area (Å²) in [6, 6.07) is 0. The van der Waals surface area contributed by atoms with E-state index < -0.39 is 39.7 Å². The van der Waals surface area contributed by atoms with Crippen molar-refractivity contribution in [3.05, 3.63) is 0 Å². The van der Waals surface area contributed by atoms with E-state index in [0.29, 0.717) is 0 Å². The minimum atomic E-state index is -4.41. The van der Waals surface area contributed by atoms with E-state index in [1.807, 2.05) is 0 Å². The molecule has 0 aliphatic heterocycles. The van der Waals surface area contributed by atoms with E-state index >= 15 is 0 Å². The third-order valence-electron chi connectivity index (χ3n) is 1.18. The first-order chi connectivity index (χ1) is 6.57. The Morgan fingerprint density at radius 3 is 2.27 bits per heavy atom. The molecule has 0 aliphatic carbocycles. The monoisotopic (exact) mass is 268 g/mol. The van der Waals surface area contributed by atoms with E-state index in [-0.39, 0.29) is 0 Å². The Labute approximate surface area is 88.9 Å². The predicted octanol–water partition coefficient (Wildman–Crippen LogP) is 0.0923. The molecule has 0 fully saturated rings. The molecule has 0 saturated carbocycles. The van der Waals surface area contributed by atoms with E-state index in [4.69, 9.17) is 5.73 Å². The molecule has 15 heavy (non-hydrogen) atoms. The molecule has 0 unspecified atom stereocenters. The third kappa shape index (κ3) is 5.85. The fourth-order valence-electron chi connectivity index (χ4n) is 0.522. The van der Waals surface area contributed by atoms with Gasteiger partial charge in [-0.3, -0.25) is 0 Å². The summed E-state index contributed by atoms with van der Waals surface area (Å²) in [6.45, 7) is -1.68. The number of rotatable bonds is 6. The number of nitrogens with one attached hydrogen (secondary N) is 1. The van der Waals surface area contributed by atoms with Crippen molar-refractivity contribution in [3.8, 4) is 0 Å². The highest BCUT2D eigenvalue weighted by atomic mass is 32.2. The van der Waals surface area contributed by atoms with Gasteiger partial charge in [0, 0.05) is 0 Å². The van der Waals surface area contributed by atoms with Gasteiger partial charge in [-0.15, -0.1) is 0 Å². The van der Waals surface area contributed by atoms with Crippen LogP contribution in [0.15, 0.2) is 0 Å². The fraction of sp³-hybridized carbons (Fsp3) is 0.800. The van der Waals surface area contributed by atoms with E-state index in [1.165, 1.54) is 4.72 Å². The average molecular weight is 268 g/mol. The Hall–Kier alpha value is -0.480. The van der Waals surface area contributed by atoms with Gasteiger partial charge < -0.3 is 5.73 Å². The van der Waals surface area contributed by atoms with Gasteiger partial charge in [-0.05, 0) is 0 Å². The van der Waals surface area contributed by atoms with Gasteiger partial charge in [-0.25, -0.2) is 21.9 Å². The second-order valence-corrected chi connectivity index (χ2v) is 4.94. The molecule has 0 atom stereocenters. The van der Waals surface area contributed by atoms with Crippen LogP contribution >= 0.6 is 12.2 Å². The van der Waals surface area contributed by atoms with Crippen LogP contribution in [0.3, 0.4) is 0 Å². The van der Waals surface area contributed by atoms with Gasteiger partial charge in [-0.1, -0.05) is 12.2 Å². The number of halogens is 4. The molecular weight excluding hydrogens is 260 g/mol. The van der Waals surface area contributed by atoms with Crippen LogP contribution in [-0.2, 0) is 10.0 Å². The number of thiocarbonyl (C=S) groups is 1. The summed E-state index contributed by atoms with van der Waals surface area (Å²) in [6.07, 6.45) is -3.94. The third-order valence-corrected chi connectivity index (χ3v) is 2.78. The van der Waals surface area contributed by atoms with Crippen LogP contribution in [0.1, 0.15) is 0 Å². The summed E-state index contributed by atoms with van der Waals surface area (Å²) < 4.78 is 70.8. The number of nitrogens with two attached hydrogens (primary N) is 1. The molecule has 0 aliphatic rings. The molecule has 0 saturated heterocycles. The van der Waals surface area contributed by atoms with Crippen molar-refractivity contribution < 1.29 is 26.0 Å². The van der Waals surface area contributed by atoms with Crippen molar-refractivity contribution in [2.24, 2.45) is 5.73 Å². The molecule has 0 bridgehead atoms. The summed E-state index contributed by atoms with van der Waals surface area (Å²) in [5, 5.41) is 0. The number of hydrogen-bond acceptors (Lipinski definition) is 3. The lowest BCUT2D eigenvalue weighted by molar-refractivity contribution is -0.122. The van der Waals surface area contributed by atoms with Gasteiger partial charge in [0.25, 0.3) is 0 Å². The maximum Gasteiger partial charge on any atom is 0.320 e. The Kier molecular flexibility index (Phi) is 4.87. The Balaban J connectivity index is 4.33. The normalized spacial score (nSPS) is 13.1. The molecule has 0 radical (unpaired) electrons. The van der Waals surface area contributed by atoms with Gasteiger partial charge in [0.05, 0.1) is 11.5 Å². The minimum Gasteiger partial charge on any atom is -0.392 e. The van der Waals surface area contributed by atoms with Crippen LogP contribution in [0.4, 0.5) is 17.6 Å². The predicted molar refractivity (Wildman–Crippen MR) is 49.5 cm³/mol. The lowest BCUT2D eigenvalue weighted by Gasteiger charge is -2.15. The molecular formula is C5H8F4N2O2S2. The topological polar surface area (TPSA) is 72.2 Å². The lowest BCUT2D eigenvalue weighted by Crippen LogP contribution is -2.43.